The third kappa shape index (κ3) is 18.2. The molecule has 0 rings (SSSR count). The SMILES string of the molecule is CCCCC(CO)OCC(CCCC)OCCOC(CCCC)COC(CO)CCCC. The van der Waals surface area contributed by atoms with Crippen LogP contribution in [0.2, 0.25) is 0 Å². The maximum atomic E-state index is 9.53. The monoisotopic (exact) mass is 462 g/mol. The van der Waals surface area contributed by atoms with Gasteiger partial charge in [0.2, 0.25) is 0 Å². The van der Waals surface area contributed by atoms with Gasteiger partial charge in [0.05, 0.1) is 64.1 Å². The molecule has 32 heavy (non-hydrogen) atoms. The van der Waals surface area contributed by atoms with Crippen molar-refractivity contribution in [3.63, 3.8) is 0 Å². The second-order valence-corrected chi connectivity index (χ2v) is 8.83. The van der Waals surface area contributed by atoms with Crippen molar-refractivity contribution in [2.75, 3.05) is 39.6 Å². The van der Waals surface area contributed by atoms with Crippen molar-refractivity contribution < 1.29 is 29.2 Å². The van der Waals surface area contributed by atoms with Crippen LogP contribution in [0.15, 0.2) is 0 Å². The van der Waals surface area contributed by atoms with Crippen LogP contribution in [0.25, 0.3) is 0 Å². The molecular weight excluding hydrogens is 408 g/mol. The van der Waals surface area contributed by atoms with E-state index in [1.165, 1.54) is 0 Å². The Morgan fingerprint density at radius 1 is 0.469 bits per heavy atom. The van der Waals surface area contributed by atoms with Gasteiger partial charge in [-0.05, 0) is 25.7 Å². The highest BCUT2D eigenvalue weighted by Gasteiger charge is 2.16. The van der Waals surface area contributed by atoms with E-state index in [2.05, 4.69) is 27.7 Å². The molecule has 4 atom stereocenters. The third-order valence-electron chi connectivity index (χ3n) is 5.75. The topological polar surface area (TPSA) is 77.4 Å². The summed E-state index contributed by atoms with van der Waals surface area (Å²) in [6.07, 6.45) is 12.4. The minimum atomic E-state index is -0.0957. The van der Waals surface area contributed by atoms with Gasteiger partial charge < -0.3 is 29.2 Å². The fraction of sp³-hybridized carbons (Fsp3) is 1.00. The van der Waals surface area contributed by atoms with Gasteiger partial charge in [-0.15, -0.1) is 0 Å². The van der Waals surface area contributed by atoms with Gasteiger partial charge in [0.15, 0.2) is 0 Å². The molecule has 0 radical (unpaired) electrons. The van der Waals surface area contributed by atoms with Gasteiger partial charge >= 0.3 is 0 Å². The van der Waals surface area contributed by atoms with Crippen LogP contribution in [0, 0.1) is 0 Å². The fourth-order valence-corrected chi connectivity index (χ4v) is 3.53. The molecular formula is C26H54O6. The van der Waals surface area contributed by atoms with E-state index < -0.39 is 0 Å². The first-order valence-corrected chi connectivity index (χ1v) is 13.3. The number of aliphatic hydroxyl groups is 2. The van der Waals surface area contributed by atoms with Crippen molar-refractivity contribution >= 4 is 0 Å². The van der Waals surface area contributed by atoms with Crippen molar-refractivity contribution in [1.29, 1.82) is 0 Å². The van der Waals surface area contributed by atoms with Crippen LogP contribution in [0.1, 0.15) is 105 Å². The second-order valence-electron chi connectivity index (χ2n) is 8.83. The molecule has 194 valence electrons. The molecule has 2 N–H and O–H groups in total. The van der Waals surface area contributed by atoms with Crippen molar-refractivity contribution in [3.8, 4) is 0 Å². The van der Waals surface area contributed by atoms with Crippen LogP contribution in [0.3, 0.4) is 0 Å². The lowest BCUT2D eigenvalue weighted by Crippen LogP contribution is -2.29. The number of hydrogen-bond donors (Lipinski definition) is 2. The van der Waals surface area contributed by atoms with Crippen LogP contribution >= 0.6 is 0 Å². The molecule has 6 nitrogen and oxygen atoms in total. The molecule has 0 fully saturated rings. The summed E-state index contributed by atoms with van der Waals surface area (Å²) in [5.41, 5.74) is 0. The van der Waals surface area contributed by atoms with Gasteiger partial charge in [0, 0.05) is 0 Å². The Kier molecular flexibility index (Phi) is 23.7. The molecule has 0 heterocycles. The molecule has 0 bridgehead atoms. The lowest BCUT2D eigenvalue weighted by atomic mass is 10.1. The molecule has 0 saturated heterocycles. The normalized spacial score (nSPS) is 15.6. The van der Waals surface area contributed by atoms with E-state index >= 15 is 0 Å². The number of aliphatic hydroxyl groups excluding tert-OH is 2. The van der Waals surface area contributed by atoms with Gasteiger partial charge in [0.25, 0.3) is 0 Å². The van der Waals surface area contributed by atoms with Gasteiger partial charge in [-0.2, -0.15) is 0 Å². The van der Waals surface area contributed by atoms with Gasteiger partial charge in [-0.3, -0.25) is 0 Å². The third-order valence-corrected chi connectivity index (χ3v) is 5.75. The Bertz CT molecular complexity index is 334. The number of rotatable bonds is 25. The van der Waals surface area contributed by atoms with Gasteiger partial charge in [-0.25, -0.2) is 0 Å². The van der Waals surface area contributed by atoms with Crippen LogP contribution in [0.5, 0.6) is 0 Å². The molecule has 0 aromatic heterocycles. The van der Waals surface area contributed by atoms with E-state index in [4.69, 9.17) is 18.9 Å². The van der Waals surface area contributed by atoms with E-state index in [1.807, 2.05) is 0 Å². The summed E-state index contributed by atoms with van der Waals surface area (Å²) < 4.78 is 24.0. The summed E-state index contributed by atoms with van der Waals surface area (Å²) in [5.74, 6) is 0. The van der Waals surface area contributed by atoms with E-state index in [0.717, 1.165) is 77.0 Å². The number of unbranched alkanes of at least 4 members (excludes halogenated alkanes) is 4. The summed E-state index contributed by atoms with van der Waals surface area (Å²) in [6, 6.07) is 0. The second kappa shape index (κ2) is 23.9. The highest BCUT2D eigenvalue weighted by atomic mass is 16.6. The molecule has 6 heteroatoms. The molecule has 0 aliphatic heterocycles. The summed E-state index contributed by atoms with van der Waals surface area (Å²) in [5, 5.41) is 19.1. The van der Waals surface area contributed by atoms with Gasteiger partial charge in [-0.1, -0.05) is 79.1 Å². The van der Waals surface area contributed by atoms with Crippen LogP contribution in [0.4, 0.5) is 0 Å². The van der Waals surface area contributed by atoms with Gasteiger partial charge in [0.1, 0.15) is 0 Å². The Morgan fingerprint density at radius 2 is 0.781 bits per heavy atom. The standard InChI is InChI=1S/C26H54O6/c1-5-9-13-23(19-27)31-21-25(15-11-7-3)29-17-18-30-26(16-12-8-4)22-32-24(20-28)14-10-6-2/h23-28H,5-22H2,1-4H3. The minimum Gasteiger partial charge on any atom is -0.394 e. The highest BCUT2D eigenvalue weighted by molar-refractivity contribution is 4.64. The number of hydrogen-bond acceptors (Lipinski definition) is 6. The van der Waals surface area contributed by atoms with Crippen molar-refractivity contribution in [2.24, 2.45) is 0 Å². The quantitative estimate of drug-likeness (QED) is 0.180. The Hall–Kier alpha value is -0.240. The van der Waals surface area contributed by atoms with Crippen LogP contribution in [-0.2, 0) is 18.9 Å². The maximum absolute atomic E-state index is 9.53. The van der Waals surface area contributed by atoms with Crippen LogP contribution in [-0.4, -0.2) is 74.3 Å². The van der Waals surface area contributed by atoms with Crippen molar-refractivity contribution in [3.05, 3.63) is 0 Å². The first-order valence-electron chi connectivity index (χ1n) is 13.3. The summed E-state index contributed by atoms with van der Waals surface area (Å²) >= 11 is 0. The largest absolute Gasteiger partial charge is 0.394 e. The first kappa shape index (κ1) is 31.8. The molecule has 0 aliphatic rings. The Morgan fingerprint density at radius 3 is 1.06 bits per heavy atom. The van der Waals surface area contributed by atoms with E-state index in [0.29, 0.717) is 26.4 Å². The Labute approximate surface area is 198 Å². The first-order chi connectivity index (χ1) is 15.6. The maximum Gasteiger partial charge on any atom is 0.0809 e. The highest BCUT2D eigenvalue weighted by Crippen LogP contribution is 2.12. The lowest BCUT2D eigenvalue weighted by molar-refractivity contribution is -0.0962. The Balaban J connectivity index is 4.40. The predicted molar refractivity (Wildman–Crippen MR) is 131 cm³/mol. The summed E-state index contributed by atoms with van der Waals surface area (Å²) in [4.78, 5) is 0. The van der Waals surface area contributed by atoms with Crippen LogP contribution < -0.4 is 0 Å². The zero-order chi connectivity index (χ0) is 23.9. The molecule has 0 aliphatic carbocycles. The van der Waals surface area contributed by atoms with E-state index in [9.17, 15) is 10.2 Å². The molecule has 0 aromatic rings. The van der Waals surface area contributed by atoms with Crippen molar-refractivity contribution in [2.45, 2.75) is 129 Å². The molecule has 0 saturated carbocycles. The fourth-order valence-electron chi connectivity index (χ4n) is 3.53. The minimum absolute atomic E-state index is 0.0346. The zero-order valence-corrected chi connectivity index (χ0v) is 21.6. The predicted octanol–water partition coefficient (Wildman–Crippen LogP) is 5.27. The van der Waals surface area contributed by atoms with E-state index in [1.54, 1.807) is 0 Å². The molecule has 0 spiro atoms. The van der Waals surface area contributed by atoms with E-state index in [-0.39, 0.29) is 37.6 Å². The number of ether oxygens (including phenoxy) is 4. The van der Waals surface area contributed by atoms with Crippen molar-refractivity contribution in [1.82, 2.24) is 0 Å². The zero-order valence-electron chi connectivity index (χ0n) is 21.6. The average molecular weight is 463 g/mol. The summed E-state index contributed by atoms with van der Waals surface area (Å²) in [7, 11) is 0. The molecule has 0 amide bonds. The average Bonchev–Trinajstić information content (AvgIpc) is 2.82. The summed E-state index contributed by atoms with van der Waals surface area (Å²) in [6.45, 7) is 10.9. The molecule has 4 unspecified atom stereocenters. The lowest BCUT2D eigenvalue weighted by Gasteiger charge is -2.24. The molecule has 0 aromatic carbocycles. The smallest absolute Gasteiger partial charge is 0.0809 e.